The van der Waals surface area contributed by atoms with Gasteiger partial charge in [-0.1, -0.05) is 12.8 Å². The van der Waals surface area contributed by atoms with Crippen LogP contribution in [0.25, 0.3) is 5.52 Å². The topological polar surface area (TPSA) is 156 Å². The molecule has 1 aliphatic heterocycles. The van der Waals surface area contributed by atoms with Gasteiger partial charge in [0.05, 0.1) is 11.1 Å². The van der Waals surface area contributed by atoms with Gasteiger partial charge in [-0.3, -0.25) is 4.79 Å². The highest BCUT2D eigenvalue weighted by atomic mass is 16.7. The third-order valence-corrected chi connectivity index (χ3v) is 5.77. The molecule has 2 aliphatic rings. The summed E-state index contributed by atoms with van der Waals surface area (Å²) in [6.45, 7) is 1.80. The Morgan fingerprint density at radius 3 is 2.82 bits per heavy atom. The zero-order valence-electron chi connectivity index (χ0n) is 15.3. The number of nitrogens with zero attached hydrogens (tertiary/aromatic N) is 4. The van der Waals surface area contributed by atoms with Gasteiger partial charge in [0.1, 0.15) is 30.1 Å². The number of rotatable bonds is 3. The Morgan fingerprint density at radius 2 is 2.14 bits per heavy atom. The number of aliphatic hydroxyl groups excluding tert-OH is 2. The van der Waals surface area contributed by atoms with Crippen molar-refractivity contribution in [3.8, 4) is 6.07 Å². The van der Waals surface area contributed by atoms with E-state index in [0.29, 0.717) is 18.4 Å². The molecule has 1 aliphatic carbocycles. The number of nitrogen functional groups attached to an aromatic ring is 1. The van der Waals surface area contributed by atoms with E-state index in [2.05, 4.69) is 10.1 Å². The van der Waals surface area contributed by atoms with E-state index in [1.54, 1.807) is 13.0 Å². The molecule has 2 aromatic rings. The number of nitriles is 1. The molecule has 3 heterocycles. The maximum atomic E-state index is 12.6. The molecule has 0 aromatic carbocycles. The zero-order valence-corrected chi connectivity index (χ0v) is 15.3. The van der Waals surface area contributed by atoms with Crippen molar-refractivity contribution in [1.82, 2.24) is 14.6 Å². The highest BCUT2D eigenvalue weighted by molar-refractivity contribution is 5.77. The van der Waals surface area contributed by atoms with Gasteiger partial charge in [-0.25, -0.2) is 9.50 Å². The number of esters is 1. The second-order valence-corrected chi connectivity index (χ2v) is 7.60. The summed E-state index contributed by atoms with van der Waals surface area (Å²) in [4.78, 5) is 16.5. The Balaban J connectivity index is 1.67. The molecule has 0 amide bonds. The van der Waals surface area contributed by atoms with Crippen LogP contribution in [0.15, 0.2) is 18.5 Å². The van der Waals surface area contributed by atoms with Gasteiger partial charge in [0.15, 0.2) is 5.82 Å². The van der Waals surface area contributed by atoms with Crippen LogP contribution in [0.5, 0.6) is 0 Å². The number of hydrogen-bond donors (Lipinski definition) is 3. The minimum Gasteiger partial charge on any atom is -0.432 e. The Hall–Kier alpha value is -2.74. The molecule has 4 atom stereocenters. The van der Waals surface area contributed by atoms with E-state index < -0.39 is 35.5 Å². The monoisotopic (exact) mass is 387 g/mol. The molecular formula is C18H21N5O5. The van der Waals surface area contributed by atoms with Gasteiger partial charge in [-0.05, 0) is 31.9 Å². The van der Waals surface area contributed by atoms with Crippen LogP contribution in [0.1, 0.15) is 38.3 Å². The van der Waals surface area contributed by atoms with Crippen molar-refractivity contribution >= 4 is 17.3 Å². The van der Waals surface area contributed by atoms with Crippen molar-refractivity contribution in [2.75, 3.05) is 5.73 Å². The summed E-state index contributed by atoms with van der Waals surface area (Å²) in [5.41, 5.74) is 3.73. The number of carbonyl (C=O) groups excluding carboxylic acids is 1. The molecule has 1 saturated heterocycles. The van der Waals surface area contributed by atoms with Crippen molar-refractivity contribution in [2.45, 2.75) is 56.7 Å². The van der Waals surface area contributed by atoms with E-state index in [9.17, 15) is 20.3 Å². The highest BCUT2D eigenvalue weighted by Crippen LogP contribution is 2.43. The Morgan fingerprint density at radius 1 is 1.43 bits per heavy atom. The third-order valence-electron chi connectivity index (χ3n) is 5.77. The smallest absolute Gasteiger partial charge is 0.314 e. The molecule has 148 valence electrons. The van der Waals surface area contributed by atoms with Gasteiger partial charge in [0.25, 0.3) is 0 Å². The maximum Gasteiger partial charge on any atom is 0.314 e. The van der Waals surface area contributed by atoms with E-state index in [0.717, 1.165) is 12.8 Å². The lowest BCUT2D eigenvalue weighted by Crippen LogP contribution is -2.41. The Labute approximate surface area is 160 Å². The number of anilines is 1. The fourth-order valence-corrected chi connectivity index (χ4v) is 4.01. The van der Waals surface area contributed by atoms with E-state index in [1.807, 2.05) is 6.07 Å². The molecule has 0 bridgehead atoms. The highest BCUT2D eigenvalue weighted by Gasteiger charge is 2.59. The molecule has 0 radical (unpaired) electrons. The van der Waals surface area contributed by atoms with Crippen molar-refractivity contribution in [3.63, 3.8) is 0 Å². The van der Waals surface area contributed by atoms with Crippen LogP contribution < -0.4 is 5.73 Å². The predicted octanol–water partition coefficient (Wildman–Crippen LogP) is 0.232. The van der Waals surface area contributed by atoms with Crippen LogP contribution in [0, 0.1) is 16.7 Å². The average Bonchev–Trinajstić information content (AvgIpc) is 3.37. The van der Waals surface area contributed by atoms with Crippen LogP contribution in [0.3, 0.4) is 0 Å². The van der Waals surface area contributed by atoms with Gasteiger partial charge in [-0.2, -0.15) is 10.4 Å². The number of hydrogen-bond acceptors (Lipinski definition) is 9. The molecule has 2 fully saturated rings. The summed E-state index contributed by atoms with van der Waals surface area (Å²) in [6.07, 6.45) is -0.347. The molecule has 4 N–H and O–H groups in total. The minimum absolute atomic E-state index is 0.149. The number of aromatic nitrogens is 3. The number of fused-ring (bicyclic) bond motifs is 1. The van der Waals surface area contributed by atoms with Crippen LogP contribution in [-0.2, 0) is 19.9 Å². The van der Waals surface area contributed by atoms with Gasteiger partial charge in [0, 0.05) is 0 Å². The van der Waals surface area contributed by atoms with E-state index in [4.69, 9.17) is 15.2 Å². The summed E-state index contributed by atoms with van der Waals surface area (Å²) in [5, 5.41) is 35.0. The normalized spacial score (nSPS) is 31.7. The lowest BCUT2D eigenvalue weighted by molar-refractivity contribution is -0.204. The van der Waals surface area contributed by atoms with Crippen molar-refractivity contribution in [3.05, 3.63) is 24.2 Å². The molecule has 4 rings (SSSR count). The fraction of sp³-hybridized carbons (Fsp3) is 0.556. The zero-order chi connectivity index (χ0) is 20.1. The third kappa shape index (κ3) is 2.55. The van der Waals surface area contributed by atoms with Gasteiger partial charge in [0.2, 0.25) is 11.9 Å². The molecule has 0 unspecified atom stereocenters. The second kappa shape index (κ2) is 6.41. The quantitative estimate of drug-likeness (QED) is 0.627. The number of aliphatic hydroxyl groups is 2. The molecule has 28 heavy (non-hydrogen) atoms. The maximum absolute atomic E-state index is 12.6. The van der Waals surface area contributed by atoms with E-state index in [1.165, 1.54) is 16.9 Å². The first-order valence-corrected chi connectivity index (χ1v) is 9.07. The average molecular weight is 387 g/mol. The second-order valence-electron chi connectivity index (χ2n) is 7.60. The van der Waals surface area contributed by atoms with Gasteiger partial charge in [-0.15, -0.1) is 0 Å². The van der Waals surface area contributed by atoms with Crippen LogP contribution in [0.2, 0.25) is 0 Å². The van der Waals surface area contributed by atoms with E-state index >= 15 is 0 Å². The van der Waals surface area contributed by atoms with Crippen molar-refractivity contribution in [2.24, 2.45) is 5.41 Å². The van der Waals surface area contributed by atoms with Crippen LogP contribution in [0.4, 0.5) is 5.82 Å². The van der Waals surface area contributed by atoms with Gasteiger partial charge < -0.3 is 25.4 Å². The lowest BCUT2D eigenvalue weighted by atomic mass is 9.89. The van der Waals surface area contributed by atoms with Crippen molar-refractivity contribution in [1.29, 1.82) is 5.26 Å². The van der Waals surface area contributed by atoms with E-state index in [-0.39, 0.29) is 11.5 Å². The van der Waals surface area contributed by atoms with Crippen LogP contribution >= 0.6 is 0 Å². The summed E-state index contributed by atoms with van der Waals surface area (Å²) >= 11 is 0. The molecular weight excluding hydrogens is 366 g/mol. The molecule has 10 heteroatoms. The first kappa shape index (κ1) is 18.6. The number of nitrogens with two attached hydrogens (primary N) is 1. The summed E-state index contributed by atoms with van der Waals surface area (Å²) < 4.78 is 12.4. The number of carbonyl (C=O) groups is 1. The van der Waals surface area contributed by atoms with Crippen LogP contribution in [-0.4, -0.2) is 49.3 Å². The SMILES string of the molecule is CC1(C(=O)O[C@H]2O[C@@](C#N)(c3ccc4c(N)ncnn34)[C@H](O)[C@@H]2O)CCCC1. The lowest BCUT2D eigenvalue weighted by Gasteiger charge is -2.25. The fourth-order valence-electron chi connectivity index (χ4n) is 4.01. The predicted molar refractivity (Wildman–Crippen MR) is 94.2 cm³/mol. The Bertz CT molecular complexity index is 963. The number of ether oxygens (including phenoxy) is 2. The molecule has 0 spiro atoms. The minimum atomic E-state index is -1.99. The Kier molecular flexibility index (Phi) is 4.26. The molecule has 1 saturated carbocycles. The molecule has 10 nitrogen and oxygen atoms in total. The first-order chi connectivity index (χ1) is 13.3. The molecule has 2 aromatic heterocycles. The summed E-state index contributed by atoms with van der Waals surface area (Å²) in [6, 6.07) is 4.98. The van der Waals surface area contributed by atoms with Gasteiger partial charge >= 0.3 is 5.97 Å². The summed E-state index contributed by atoms with van der Waals surface area (Å²) in [7, 11) is 0. The standard InChI is InChI=1S/C18H21N5O5/c1-17(6-2-3-7-17)16(26)27-15-12(24)13(25)18(8-19,28-15)11-5-4-10-14(20)21-9-22-23(10)11/h4-5,9,12-13,15,24-25H,2-3,6-7H2,1H3,(H2,20,21,22)/t12-,13+,15-,18-/m0/s1. The first-order valence-electron chi connectivity index (χ1n) is 9.07. The largest absolute Gasteiger partial charge is 0.432 e. The van der Waals surface area contributed by atoms with Crippen molar-refractivity contribution < 1.29 is 24.5 Å². The summed E-state index contributed by atoms with van der Waals surface area (Å²) in [5.74, 6) is -0.332.